The molecule has 0 radical (unpaired) electrons. The van der Waals surface area contributed by atoms with E-state index in [1.54, 1.807) is 12.1 Å². The van der Waals surface area contributed by atoms with E-state index < -0.39 is 18.3 Å². The fraction of sp³-hybridized carbons (Fsp3) is 0.389. The number of thiophene rings is 1. The number of phenolic OH excluding ortho intramolecular Hbond substituents is 1. The number of nitrogens with one attached hydrogen (secondary N) is 2. The Hall–Kier alpha value is -2.26. The van der Waals surface area contributed by atoms with E-state index in [0.717, 1.165) is 41.0 Å². The van der Waals surface area contributed by atoms with Crippen LogP contribution in [0.25, 0.3) is 0 Å². The lowest BCUT2D eigenvalue weighted by Crippen LogP contribution is -2.30. The SMILES string of the molecule is O=C(Nc1sc2c(c1C(O)Nc1cccc(O)c1)CCCCC2)C(F)(F)F. The van der Waals surface area contributed by atoms with Crippen LogP contribution in [0.3, 0.4) is 0 Å². The first-order valence-electron chi connectivity index (χ1n) is 8.52. The average Bonchev–Trinajstić information content (AvgIpc) is 2.75. The van der Waals surface area contributed by atoms with Gasteiger partial charge in [0, 0.05) is 22.2 Å². The number of fused-ring (bicyclic) bond motifs is 1. The minimum atomic E-state index is -5.01. The van der Waals surface area contributed by atoms with Crippen LogP contribution in [0.5, 0.6) is 5.75 Å². The van der Waals surface area contributed by atoms with E-state index in [0.29, 0.717) is 18.5 Å². The van der Waals surface area contributed by atoms with E-state index in [1.165, 1.54) is 12.1 Å². The summed E-state index contributed by atoms with van der Waals surface area (Å²) in [5.74, 6) is -2.08. The lowest BCUT2D eigenvalue weighted by Gasteiger charge is -2.18. The van der Waals surface area contributed by atoms with Gasteiger partial charge in [0.25, 0.3) is 0 Å². The summed E-state index contributed by atoms with van der Waals surface area (Å²) in [4.78, 5) is 12.3. The lowest BCUT2D eigenvalue weighted by atomic mass is 10.0. The summed E-state index contributed by atoms with van der Waals surface area (Å²) < 4.78 is 38.1. The Kier molecular flexibility index (Phi) is 5.61. The third-order valence-electron chi connectivity index (χ3n) is 4.37. The minimum Gasteiger partial charge on any atom is -0.508 e. The molecule has 1 aliphatic rings. The molecule has 1 aromatic carbocycles. The molecule has 146 valence electrons. The fourth-order valence-electron chi connectivity index (χ4n) is 3.15. The number of phenols is 1. The molecule has 1 amide bonds. The number of aromatic hydroxyl groups is 1. The van der Waals surface area contributed by atoms with E-state index in [2.05, 4.69) is 5.32 Å². The molecule has 1 aromatic heterocycles. The maximum absolute atomic E-state index is 12.7. The second-order valence-corrected chi connectivity index (χ2v) is 7.46. The van der Waals surface area contributed by atoms with Crippen molar-refractivity contribution < 1.29 is 28.2 Å². The largest absolute Gasteiger partial charge is 0.508 e. The third-order valence-corrected chi connectivity index (χ3v) is 5.59. The van der Waals surface area contributed by atoms with Crippen LogP contribution in [0.2, 0.25) is 0 Å². The molecule has 0 bridgehead atoms. The molecule has 1 aliphatic carbocycles. The summed E-state index contributed by atoms with van der Waals surface area (Å²) in [6.45, 7) is 0. The Morgan fingerprint density at radius 3 is 2.63 bits per heavy atom. The molecule has 0 fully saturated rings. The van der Waals surface area contributed by atoms with Gasteiger partial charge in [-0.1, -0.05) is 12.5 Å². The number of amides is 1. The number of rotatable bonds is 4. The van der Waals surface area contributed by atoms with Crippen molar-refractivity contribution in [1.29, 1.82) is 0 Å². The number of aliphatic hydroxyl groups is 1. The number of alkyl halides is 3. The molecule has 9 heteroatoms. The zero-order valence-corrected chi connectivity index (χ0v) is 15.1. The van der Waals surface area contributed by atoms with Crippen LogP contribution in [0.15, 0.2) is 24.3 Å². The lowest BCUT2D eigenvalue weighted by molar-refractivity contribution is -0.167. The fourth-order valence-corrected chi connectivity index (χ4v) is 4.47. The third kappa shape index (κ3) is 4.54. The number of benzene rings is 1. The first kappa shape index (κ1) is 19.5. The molecule has 1 heterocycles. The van der Waals surface area contributed by atoms with Gasteiger partial charge in [0.1, 0.15) is 10.8 Å². The quantitative estimate of drug-likeness (QED) is 0.455. The molecular weight excluding hydrogens is 381 g/mol. The molecule has 1 unspecified atom stereocenters. The van der Waals surface area contributed by atoms with Crippen molar-refractivity contribution in [3.63, 3.8) is 0 Å². The van der Waals surface area contributed by atoms with Gasteiger partial charge in [-0.25, -0.2) is 0 Å². The molecule has 4 N–H and O–H groups in total. The van der Waals surface area contributed by atoms with Crippen molar-refractivity contribution >= 4 is 27.9 Å². The first-order valence-corrected chi connectivity index (χ1v) is 9.33. The van der Waals surface area contributed by atoms with Gasteiger partial charge in [0.15, 0.2) is 6.23 Å². The predicted octanol–water partition coefficient (Wildman–Crippen LogP) is 4.33. The second-order valence-electron chi connectivity index (χ2n) is 6.36. The van der Waals surface area contributed by atoms with Crippen molar-refractivity contribution in [2.45, 2.75) is 44.5 Å². The maximum atomic E-state index is 12.7. The number of aliphatic hydroxyl groups excluding tert-OH is 1. The van der Waals surface area contributed by atoms with Gasteiger partial charge in [-0.2, -0.15) is 13.2 Å². The number of aryl methyl sites for hydroxylation is 1. The highest BCUT2D eigenvalue weighted by Gasteiger charge is 2.40. The summed E-state index contributed by atoms with van der Waals surface area (Å²) in [5.41, 5.74) is 1.46. The van der Waals surface area contributed by atoms with Crippen LogP contribution < -0.4 is 10.6 Å². The van der Waals surface area contributed by atoms with Gasteiger partial charge in [0.05, 0.1) is 0 Å². The highest BCUT2D eigenvalue weighted by molar-refractivity contribution is 7.16. The van der Waals surface area contributed by atoms with Crippen LogP contribution in [0, 0.1) is 0 Å². The number of anilines is 2. The molecule has 5 nitrogen and oxygen atoms in total. The van der Waals surface area contributed by atoms with E-state index in [1.807, 2.05) is 5.32 Å². The van der Waals surface area contributed by atoms with Gasteiger partial charge >= 0.3 is 12.1 Å². The van der Waals surface area contributed by atoms with Crippen molar-refractivity contribution in [2.24, 2.45) is 0 Å². The Morgan fingerprint density at radius 1 is 1.19 bits per heavy atom. The van der Waals surface area contributed by atoms with Crippen LogP contribution in [0.4, 0.5) is 23.9 Å². The average molecular weight is 400 g/mol. The second kappa shape index (κ2) is 7.77. The monoisotopic (exact) mass is 400 g/mol. The van der Waals surface area contributed by atoms with Crippen molar-refractivity contribution in [3.8, 4) is 5.75 Å². The van der Waals surface area contributed by atoms with Gasteiger partial charge in [-0.15, -0.1) is 11.3 Å². The molecule has 1 atom stereocenters. The molecule has 0 aliphatic heterocycles. The van der Waals surface area contributed by atoms with Crippen LogP contribution in [-0.4, -0.2) is 22.3 Å². The topological polar surface area (TPSA) is 81.6 Å². The standard InChI is InChI=1S/C18H19F3N2O3S/c19-18(20,21)17(26)23-16-14(12-7-2-1-3-8-13(12)27-16)15(25)22-10-5-4-6-11(24)9-10/h4-6,9,15,22,24-25H,1-3,7-8H2,(H,23,26). The number of hydrogen-bond donors (Lipinski definition) is 4. The molecule has 0 spiro atoms. The van der Waals surface area contributed by atoms with Gasteiger partial charge in [0.2, 0.25) is 0 Å². The normalized spacial score (nSPS) is 15.6. The summed E-state index contributed by atoms with van der Waals surface area (Å²) in [7, 11) is 0. The van der Waals surface area contributed by atoms with Gasteiger partial charge < -0.3 is 20.8 Å². The molecule has 0 saturated heterocycles. The molecule has 3 rings (SSSR count). The zero-order chi connectivity index (χ0) is 19.6. The summed E-state index contributed by atoms with van der Waals surface area (Å²) in [6.07, 6.45) is -2.23. The number of carbonyl (C=O) groups is 1. The summed E-state index contributed by atoms with van der Waals surface area (Å²) in [6, 6.07) is 6.04. The van der Waals surface area contributed by atoms with Crippen LogP contribution in [-0.2, 0) is 17.6 Å². The van der Waals surface area contributed by atoms with Gasteiger partial charge in [-0.3, -0.25) is 4.79 Å². The molecule has 0 saturated carbocycles. The molecule has 2 aromatic rings. The van der Waals surface area contributed by atoms with Crippen molar-refractivity contribution in [2.75, 3.05) is 10.6 Å². The number of halogens is 3. The van der Waals surface area contributed by atoms with E-state index in [-0.39, 0.29) is 16.3 Å². The zero-order valence-electron chi connectivity index (χ0n) is 14.3. The minimum absolute atomic E-state index is 0.00405. The highest BCUT2D eigenvalue weighted by Crippen LogP contribution is 2.41. The maximum Gasteiger partial charge on any atom is 0.471 e. The Morgan fingerprint density at radius 2 is 1.93 bits per heavy atom. The van der Waals surface area contributed by atoms with Crippen LogP contribution in [0.1, 0.15) is 41.5 Å². The number of hydrogen-bond acceptors (Lipinski definition) is 5. The first-order chi connectivity index (χ1) is 12.8. The van der Waals surface area contributed by atoms with Crippen LogP contribution >= 0.6 is 11.3 Å². The number of carbonyl (C=O) groups excluding carboxylic acids is 1. The summed E-state index contributed by atoms with van der Waals surface area (Å²) in [5, 5.41) is 24.9. The highest BCUT2D eigenvalue weighted by atomic mass is 32.1. The van der Waals surface area contributed by atoms with E-state index in [4.69, 9.17) is 0 Å². The molecule has 27 heavy (non-hydrogen) atoms. The predicted molar refractivity (Wildman–Crippen MR) is 97.0 cm³/mol. The Bertz CT molecular complexity index is 836. The van der Waals surface area contributed by atoms with E-state index in [9.17, 15) is 28.2 Å². The Labute approximate surface area is 157 Å². The molecular formula is C18H19F3N2O3S. The van der Waals surface area contributed by atoms with E-state index >= 15 is 0 Å². The Balaban J connectivity index is 1.95. The van der Waals surface area contributed by atoms with Gasteiger partial charge in [-0.05, 0) is 43.4 Å². The smallest absolute Gasteiger partial charge is 0.471 e. The van der Waals surface area contributed by atoms with Crippen molar-refractivity contribution in [1.82, 2.24) is 0 Å². The summed E-state index contributed by atoms with van der Waals surface area (Å²) >= 11 is 1.08. The van der Waals surface area contributed by atoms with Crippen molar-refractivity contribution in [3.05, 3.63) is 40.3 Å².